The van der Waals surface area contributed by atoms with Gasteiger partial charge in [0.1, 0.15) is 5.82 Å². The van der Waals surface area contributed by atoms with Crippen LogP contribution in [0.5, 0.6) is 0 Å². The first-order valence-electron chi connectivity index (χ1n) is 5.99. The predicted molar refractivity (Wildman–Crippen MR) is 71.5 cm³/mol. The van der Waals surface area contributed by atoms with Gasteiger partial charge in [-0.25, -0.2) is 4.98 Å². The molecule has 0 saturated heterocycles. The first kappa shape index (κ1) is 12.3. The van der Waals surface area contributed by atoms with Crippen molar-refractivity contribution in [1.29, 1.82) is 0 Å². The van der Waals surface area contributed by atoms with Crippen molar-refractivity contribution in [2.45, 2.75) is 20.4 Å². The van der Waals surface area contributed by atoms with E-state index in [1.807, 2.05) is 37.8 Å². The van der Waals surface area contributed by atoms with Gasteiger partial charge in [-0.2, -0.15) is 10.1 Å². The van der Waals surface area contributed by atoms with Crippen LogP contribution in [-0.4, -0.2) is 26.3 Å². The molecule has 0 unspecified atom stereocenters. The van der Waals surface area contributed by atoms with Crippen molar-refractivity contribution in [3.05, 3.63) is 29.7 Å². The second-order valence-electron chi connectivity index (χ2n) is 4.06. The third kappa shape index (κ3) is 2.97. The molecule has 2 rings (SSSR count). The zero-order valence-electron chi connectivity index (χ0n) is 10.9. The minimum Gasteiger partial charge on any atom is -0.366 e. The molecule has 96 valence electrons. The molecule has 0 aromatic carbocycles. The van der Waals surface area contributed by atoms with Crippen molar-refractivity contribution in [2.75, 3.05) is 17.2 Å². The third-order valence-electron chi connectivity index (χ3n) is 2.57. The largest absolute Gasteiger partial charge is 0.366 e. The Morgan fingerprint density at radius 3 is 2.83 bits per heavy atom. The highest BCUT2D eigenvalue weighted by Crippen LogP contribution is 2.10. The summed E-state index contributed by atoms with van der Waals surface area (Å²) in [6.45, 7) is 5.54. The highest BCUT2D eigenvalue weighted by molar-refractivity contribution is 5.40. The number of hydrogen-bond acceptors (Lipinski definition) is 5. The van der Waals surface area contributed by atoms with Gasteiger partial charge >= 0.3 is 0 Å². The van der Waals surface area contributed by atoms with E-state index in [9.17, 15) is 0 Å². The average Bonchev–Trinajstić information content (AvgIpc) is 2.66. The molecule has 0 aliphatic carbocycles. The molecule has 2 aromatic heterocycles. The van der Waals surface area contributed by atoms with E-state index < -0.39 is 0 Å². The quantitative estimate of drug-likeness (QED) is 0.838. The van der Waals surface area contributed by atoms with E-state index >= 15 is 0 Å². The third-order valence-corrected chi connectivity index (χ3v) is 2.57. The van der Waals surface area contributed by atoms with Gasteiger partial charge < -0.3 is 10.6 Å². The van der Waals surface area contributed by atoms with Gasteiger partial charge in [-0.1, -0.05) is 0 Å². The molecular formula is C12H18N6. The van der Waals surface area contributed by atoms with Crippen molar-refractivity contribution in [3.63, 3.8) is 0 Å². The van der Waals surface area contributed by atoms with Gasteiger partial charge in [0.25, 0.3) is 0 Å². The van der Waals surface area contributed by atoms with E-state index in [1.165, 1.54) is 5.56 Å². The zero-order chi connectivity index (χ0) is 13.0. The number of nitrogens with one attached hydrogen (secondary N) is 2. The van der Waals surface area contributed by atoms with Crippen LogP contribution in [0.25, 0.3) is 0 Å². The number of hydrogen-bond donors (Lipinski definition) is 2. The smallest absolute Gasteiger partial charge is 0.224 e. The Hall–Kier alpha value is -2.11. The fourth-order valence-corrected chi connectivity index (χ4v) is 1.71. The lowest BCUT2D eigenvalue weighted by Crippen LogP contribution is -2.06. The normalized spacial score (nSPS) is 10.4. The van der Waals surface area contributed by atoms with Gasteiger partial charge in [-0.3, -0.25) is 4.68 Å². The molecule has 6 nitrogen and oxygen atoms in total. The van der Waals surface area contributed by atoms with Crippen LogP contribution in [-0.2, 0) is 13.6 Å². The van der Waals surface area contributed by atoms with Crippen molar-refractivity contribution in [1.82, 2.24) is 19.7 Å². The number of anilines is 2. The molecule has 18 heavy (non-hydrogen) atoms. The van der Waals surface area contributed by atoms with Crippen LogP contribution in [0.1, 0.15) is 18.2 Å². The number of aryl methyl sites for hydroxylation is 2. The molecular weight excluding hydrogens is 228 g/mol. The fraction of sp³-hybridized carbons (Fsp3) is 0.417. The maximum atomic E-state index is 4.35. The maximum absolute atomic E-state index is 4.35. The van der Waals surface area contributed by atoms with E-state index in [2.05, 4.69) is 25.7 Å². The summed E-state index contributed by atoms with van der Waals surface area (Å²) in [4.78, 5) is 8.48. The highest BCUT2D eigenvalue weighted by Gasteiger charge is 2.03. The Kier molecular flexibility index (Phi) is 3.76. The summed E-state index contributed by atoms with van der Waals surface area (Å²) in [6.07, 6.45) is 3.75. The van der Waals surface area contributed by atoms with Gasteiger partial charge in [0.15, 0.2) is 0 Å². The number of nitrogens with zero attached hydrogens (tertiary/aromatic N) is 4. The number of rotatable bonds is 5. The van der Waals surface area contributed by atoms with Gasteiger partial charge in [0.2, 0.25) is 5.95 Å². The molecule has 0 aliphatic rings. The van der Waals surface area contributed by atoms with Crippen LogP contribution in [0.15, 0.2) is 18.5 Å². The molecule has 0 bridgehead atoms. The first-order valence-corrected chi connectivity index (χ1v) is 5.99. The Morgan fingerprint density at radius 2 is 2.17 bits per heavy atom. The molecule has 6 heteroatoms. The molecule has 0 spiro atoms. The van der Waals surface area contributed by atoms with Gasteiger partial charge in [-0.05, 0) is 19.9 Å². The molecule has 0 aliphatic heterocycles. The molecule has 0 radical (unpaired) electrons. The van der Waals surface area contributed by atoms with E-state index in [0.29, 0.717) is 12.5 Å². The summed E-state index contributed by atoms with van der Waals surface area (Å²) in [5, 5.41) is 10.7. The van der Waals surface area contributed by atoms with E-state index in [4.69, 9.17) is 0 Å². The number of aromatic nitrogens is 4. The monoisotopic (exact) mass is 246 g/mol. The van der Waals surface area contributed by atoms with Gasteiger partial charge in [0.05, 0.1) is 5.69 Å². The Labute approximate surface area is 106 Å². The topological polar surface area (TPSA) is 67.7 Å². The van der Waals surface area contributed by atoms with Crippen molar-refractivity contribution >= 4 is 11.8 Å². The summed E-state index contributed by atoms with van der Waals surface area (Å²) >= 11 is 0. The second-order valence-corrected chi connectivity index (χ2v) is 4.06. The lowest BCUT2D eigenvalue weighted by molar-refractivity contribution is 0.756. The summed E-state index contributed by atoms with van der Waals surface area (Å²) < 4.78 is 1.82. The van der Waals surface area contributed by atoms with E-state index in [0.717, 1.165) is 18.1 Å². The van der Waals surface area contributed by atoms with Crippen LogP contribution < -0.4 is 10.6 Å². The maximum Gasteiger partial charge on any atom is 0.224 e. The minimum absolute atomic E-state index is 0.644. The minimum atomic E-state index is 0.644. The van der Waals surface area contributed by atoms with E-state index in [1.54, 1.807) is 6.20 Å². The summed E-state index contributed by atoms with van der Waals surface area (Å²) in [5.74, 6) is 1.45. The van der Waals surface area contributed by atoms with Crippen LogP contribution in [0.4, 0.5) is 11.8 Å². The molecule has 0 atom stereocenters. The zero-order valence-corrected chi connectivity index (χ0v) is 10.9. The summed E-state index contributed by atoms with van der Waals surface area (Å²) in [7, 11) is 1.92. The molecule has 2 aromatic rings. The second kappa shape index (κ2) is 5.48. The average molecular weight is 246 g/mol. The summed E-state index contributed by atoms with van der Waals surface area (Å²) in [6, 6.07) is 1.85. The van der Waals surface area contributed by atoms with Crippen molar-refractivity contribution in [3.8, 4) is 0 Å². The van der Waals surface area contributed by atoms with E-state index in [-0.39, 0.29) is 0 Å². The van der Waals surface area contributed by atoms with Crippen LogP contribution in [0.2, 0.25) is 0 Å². The summed E-state index contributed by atoms with van der Waals surface area (Å²) in [5.41, 5.74) is 2.20. The van der Waals surface area contributed by atoms with Crippen LogP contribution in [0.3, 0.4) is 0 Å². The molecule has 0 amide bonds. The SMILES string of the molecule is CCNc1nccc(NCc2cn(C)nc2C)n1. The lowest BCUT2D eigenvalue weighted by atomic mass is 10.2. The predicted octanol–water partition coefficient (Wildman–Crippen LogP) is 1.56. The van der Waals surface area contributed by atoms with Gasteiger partial charge in [-0.15, -0.1) is 0 Å². The highest BCUT2D eigenvalue weighted by atomic mass is 15.3. The molecule has 0 fully saturated rings. The molecule has 0 saturated carbocycles. The molecule has 2 heterocycles. The Balaban J connectivity index is 2.01. The van der Waals surface area contributed by atoms with Crippen molar-refractivity contribution in [2.24, 2.45) is 7.05 Å². The van der Waals surface area contributed by atoms with Crippen molar-refractivity contribution < 1.29 is 0 Å². The lowest BCUT2D eigenvalue weighted by Gasteiger charge is -2.06. The Bertz CT molecular complexity index is 519. The molecule has 2 N–H and O–H groups in total. The fourth-order valence-electron chi connectivity index (χ4n) is 1.71. The first-order chi connectivity index (χ1) is 8.69. The van der Waals surface area contributed by atoms with Crippen LogP contribution >= 0.6 is 0 Å². The van der Waals surface area contributed by atoms with Crippen LogP contribution in [0, 0.1) is 6.92 Å². The Morgan fingerprint density at radius 1 is 1.33 bits per heavy atom. The standard InChI is InChI=1S/C12H18N6/c1-4-13-12-14-6-5-11(16-12)15-7-10-8-18(3)17-9(10)2/h5-6,8H,4,7H2,1-3H3,(H2,13,14,15,16). The van der Waals surface area contributed by atoms with Gasteiger partial charge in [0, 0.05) is 38.1 Å².